The molecule has 2 rings (SSSR count). The quantitative estimate of drug-likeness (QED) is 0.413. The van der Waals surface area contributed by atoms with Crippen LogP contribution in [0.3, 0.4) is 0 Å². The summed E-state index contributed by atoms with van der Waals surface area (Å²) in [5, 5.41) is 3.23. The Morgan fingerprint density at radius 2 is 1.21 bits per heavy atom. The lowest BCUT2D eigenvalue weighted by molar-refractivity contribution is -0.0463. The van der Waals surface area contributed by atoms with Crippen molar-refractivity contribution in [3.05, 3.63) is 60.7 Å². The number of benzene rings is 2. The molecule has 0 amide bonds. The molecular weight excluding hydrogens is 404 g/mol. The van der Waals surface area contributed by atoms with Crippen molar-refractivity contribution < 1.29 is 22.8 Å². The van der Waals surface area contributed by atoms with Crippen LogP contribution in [-0.4, -0.2) is 65.4 Å². The third-order valence-corrected chi connectivity index (χ3v) is 8.88. The highest BCUT2D eigenvalue weighted by molar-refractivity contribution is 6.62. The maximum Gasteiger partial charge on any atom is 0.520 e. The maximum atomic E-state index is 5.29. The van der Waals surface area contributed by atoms with Gasteiger partial charge in [0.25, 0.3) is 0 Å². The van der Waals surface area contributed by atoms with E-state index in [2.05, 4.69) is 16.8 Å². The molecule has 0 saturated carbocycles. The van der Waals surface area contributed by atoms with Crippen molar-refractivity contribution in [1.82, 2.24) is 0 Å². The van der Waals surface area contributed by atoms with Gasteiger partial charge in [0.2, 0.25) is 0 Å². The van der Waals surface area contributed by atoms with E-state index in [1.807, 2.05) is 60.7 Å². The second kappa shape index (κ2) is 14.3. The average Bonchev–Trinajstić information content (AvgIpc) is 2.78. The summed E-state index contributed by atoms with van der Waals surface area (Å²) < 4.78 is 26.3. The Kier molecular flexibility index (Phi) is 12.5. The Morgan fingerprint density at radius 1 is 0.759 bits per heavy atom. The Balaban J connectivity index is 0.000000291. The number of hydrogen-bond donors (Lipinski definition) is 2. The number of nitrogens with one attached hydrogen (secondary N) is 2. The molecule has 162 valence electrons. The zero-order valence-corrected chi connectivity index (χ0v) is 20.3. The van der Waals surface area contributed by atoms with Gasteiger partial charge in [-0.3, -0.25) is 0 Å². The highest BCUT2D eigenvalue weighted by Crippen LogP contribution is 2.10. The molecule has 0 aliphatic heterocycles. The lowest BCUT2D eigenvalue weighted by Gasteiger charge is -2.24. The van der Waals surface area contributed by atoms with E-state index in [0.29, 0.717) is 6.17 Å². The number of methoxy groups -OCH3 is 2. The van der Waals surface area contributed by atoms with Crippen molar-refractivity contribution in [3.63, 3.8) is 0 Å². The summed E-state index contributed by atoms with van der Waals surface area (Å²) >= 11 is 0. The van der Waals surface area contributed by atoms with E-state index in [9.17, 15) is 0 Å². The first-order valence-electron chi connectivity index (χ1n) is 9.35. The minimum Gasteiger partial charge on any atom is -0.409 e. The molecule has 0 aliphatic carbocycles. The molecule has 0 spiro atoms. The highest BCUT2D eigenvalue weighted by atomic mass is 28.4. The molecule has 0 fully saturated rings. The zero-order valence-electron chi connectivity index (χ0n) is 18.2. The smallest absolute Gasteiger partial charge is 0.409 e. The van der Waals surface area contributed by atoms with Gasteiger partial charge in [-0.15, -0.1) is 0 Å². The molecule has 0 aliphatic rings. The predicted molar refractivity (Wildman–Crippen MR) is 123 cm³/mol. The second-order valence-electron chi connectivity index (χ2n) is 6.15. The van der Waals surface area contributed by atoms with Gasteiger partial charge < -0.3 is 33.1 Å². The van der Waals surface area contributed by atoms with Gasteiger partial charge in [0, 0.05) is 46.9 Å². The molecule has 0 saturated heterocycles. The molecule has 2 aromatic carbocycles. The van der Waals surface area contributed by atoms with Crippen molar-refractivity contribution >= 4 is 29.1 Å². The lowest BCUT2D eigenvalue weighted by Crippen LogP contribution is -2.49. The normalized spacial score (nSPS) is 12.1. The van der Waals surface area contributed by atoms with E-state index in [-0.39, 0.29) is 5.91 Å². The molecule has 0 bridgehead atoms. The van der Waals surface area contributed by atoms with Crippen LogP contribution in [0.2, 0.25) is 6.55 Å². The molecular formula is C20H34N2O5Si2. The SMILES string of the molecule is COC(OC)[SiH](C)Nc1ccccc1.CO[Si](CNc1ccccc1)(OC)OC. The fourth-order valence-corrected chi connectivity index (χ4v) is 5.63. The van der Waals surface area contributed by atoms with E-state index < -0.39 is 17.8 Å². The molecule has 7 nitrogen and oxygen atoms in total. The Hall–Kier alpha value is -1.73. The van der Waals surface area contributed by atoms with Crippen LogP contribution in [0, 0.1) is 0 Å². The Labute approximate surface area is 177 Å². The van der Waals surface area contributed by atoms with Crippen molar-refractivity contribution in [2.24, 2.45) is 0 Å². The minimum atomic E-state index is -2.51. The fraction of sp³-hybridized carbons (Fsp3) is 0.400. The average molecular weight is 439 g/mol. The van der Waals surface area contributed by atoms with Crippen LogP contribution in [0.4, 0.5) is 11.4 Å². The summed E-state index contributed by atoms with van der Waals surface area (Å²) in [7, 11) is 4.40. The third-order valence-electron chi connectivity index (χ3n) is 4.26. The van der Waals surface area contributed by atoms with Gasteiger partial charge in [0.05, 0.1) is 6.17 Å². The van der Waals surface area contributed by atoms with Crippen LogP contribution >= 0.6 is 0 Å². The first-order chi connectivity index (χ1) is 14.0. The predicted octanol–water partition coefficient (Wildman–Crippen LogP) is 3.13. The van der Waals surface area contributed by atoms with Crippen LogP contribution in [0.25, 0.3) is 0 Å². The molecule has 9 heteroatoms. The van der Waals surface area contributed by atoms with Gasteiger partial charge in [-0.25, -0.2) is 0 Å². The van der Waals surface area contributed by atoms with Crippen LogP contribution in [0.15, 0.2) is 60.7 Å². The van der Waals surface area contributed by atoms with Crippen molar-refractivity contribution in [3.8, 4) is 0 Å². The Morgan fingerprint density at radius 3 is 1.62 bits per heavy atom. The van der Waals surface area contributed by atoms with Crippen LogP contribution in [0.1, 0.15) is 0 Å². The molecule has 2 aromatic rings. The summed E-state index contributed by atoms with van der Waals surface area (Å²) in [6.07, 6.45) is 0.556. The summed E-state index contributed by atoms with van der Waals surface area (Å²) in [6.45, 7) is 2.16. The van der Waals surface area contributed by atoms with Gasteiger partial charge in [0.15, 0.2) is 14.9 Å². The van der Waals surface area contributed by atoms with E-state index in [1.54, 1.807) is 35.5 Å². The molecule has 29 heavy (non-hydrogen) atoms. The standard InChI is InChI=1S/C10H17NO3Si.C10H17NO2Si/c1-12-15(13-2,14-3)9-11-10-7-5-4-6-8-10;1-12-10(13-2)14(3)11-9-7-5-4-6-8-9/h4-8,11H,9H2,1-3H3;4-8,10-11,14H,1-3H3. The molecule has 0 radical (unpaired) electrons. The van der Waals surface area contributed by atoms with Crippen molar-refractivity contribution in [1.29, 1.82) is 0 Å². The number of ether oxygens (including phenoxy) is 2. The first-order valence-corrected chi connectivity index (χ1v) is 13.7. The molecule has 1 unspecified atom stereocenters. The zero-order chi connectivity index (χ0) is 21.5. The minimum absolute atomic E-state index is 0.0878. The maximum absolute atomic E-state index is 5.29. The molecule has 1 atom stereocenters. The summed E-state index contributed by atoms with van der Waals surface area (Å²) in [5.74, 6) is -0.0878. The highest BCUT2D eigenvalue weighted by Gasteiger charge is 2.37. The second-order valence-corrected chi connectivity index (χ2v) is 11.5. The summed E-state index contributed by atoms with van der Waals surface area (Å²) in [4.78, 5) is 3.43. The number of anilines is 2. The van der Waals surface area contributed by atoms with Gasteiger partial charge in [0.1, 0.15) is 0 Å². The van der Waals surface area contributed by atoms with Gasteiger partial charge >= 0.3 is 8.80 Å². The largest absolute Gasteiger partial charge is 0.520 e. The molecule has 0 aromatic heterocycles. The lowest BCUT2D eigenvalue weighted by atomic mass is 10.3. The number of para-hydroxylation sites is 2. The third kappa shape index (κ3) is 9.09. The van der Waals surface area contributed by atoms with Gasteiger partial charge in [-0.2, -0.15) is 0 Å². The van der Waals surface area contributed by atoms with Crippen LogP contribution in [-0.2, 0) is 22.8 Å². The van der Waals surface area contributed by atoms with Gasteiger partial charge in [-0.05, 0) is 30.8 Å². The Bertz CT molecular complexity index is 636. The summed E-state index contributed by atoms with van der Waals surface area (Å²) in [6, 6.07) is 20.0. The van der Waals surface area contributed by atoms with Crippen molar-refractivity contribution in [2.45, 2.75) is 12.5 Å². The van der Waals surface area contributed by atoms with E-state index in [4.69, 9.17) is 22.8 Å². The van der Waals surface area contributed by atoms with Gasteiger partial charge in [-0.1, -0.05) is 36.4 Å². The molecule has 2 N–H and O–H groups in total. The first kappa shape index (κ1) is 25.3. The number of rotatable bonds is 11. The van der Waals surface area contributed by atoms with Crippen molar-refractivity contribution in [2.75, 3.05) is 52.0 Å². The summed E-state index contributed by atoms with van der Waals surface area (Å²) in [5.41, 5.74) is 2.16. The van der Waals surface area contributed by atoms with Crippen LogP contribution in [0.5, 0.6) is 0 Å². The topological polar surface area (TPSA) is 70.2 Å². The van der Waals surface area contributed by atoms with Crippen LogP contribution < -0.4 is 10.3 Å². The number of hydrogen-bond acceptors (Lipinski definition) is 7. The van der Waals surface area contributed by atoms with E-state index >= 15 is 0 Å². The van der Waals surface area contributed by atoms with E-state index in [0.717, 1.165) is 11.4 Å². The van der Waals surface area contributed by atoms with E-state index in [1.165, 1.54) is 0 Å². The fourth-order valence-electron chi connectivity index (χ4n) is 2.60. The monoisotopic (exact) mass is 438 g/mol. The molecule has 0 heterocycles.